The number of aromatic amines is 1. The second kappa shape index (κ2) is 9.99. The lowest BCUT2D eigenvalue weighted by molar-refractivity contribution is 0.0713. The highest BCUT2D eigenvalue weighted by molar-refractivity contribution is 7.89. The maximum atomic E-state index is 13.5. The Balaban J connectivity index is 1.33. The lowest BCUT2D eigenvalue weighted by Gasteiger charge is -2.32. The lowest BCUT2D eigenvalue weighted by Crippen LogP contribution is -2.38. The van der Waals surface area contributed by atoms with Crippen molar-refractivity contribution in [1.29, 1.82) is 0 Å². The van der Waals surface area contributed by atoms with E-state index in [9.17, 15) is 13.2 Å². The third kappa shape index (κ3) is 4.67. The molecule has 0 atom stereocenters. The zero-order valence-electron chi connectivity index (χ0n) is 20.1. The minimum atomic E-state index is -3.75. The van der Waals surface area contributed by atoms with E-state index in [0.29, 0.717) is 37.7 Å². The maximum absolute atomic E-state index is 13.5. The van der Waals surface area contributed by atoms with E-state index in [1.54, 1.807) is 18.3 Å². The van der Waals surface area contributed by atoms with Gasteiger partial charge in [-0.2, -0.15) is 4.31 Å². The number of carbonyl (C=O) groups is 1. The van der Waals surface area contributed by atoms with Crippen LogP contribution in [0.25, 0.3) is 11.0 Å². The van der Waals surface area contributed by atoms with Crippen molar-refractivity contribution >= 4 is 27.0 Å². The minimum Gasteiger partial charge on any atom is -0.495 e. The number of methoxy groups -OCH3 is 1. The second-order valence-electron chi connectivity index (χ2n) is 9.39. The number of pyridine rings is 1. The van der Waals surface area contributed by atoms with Crippen molar-refractivity contribution in [3.8, 4) is 5.75 Å². The van der Waals surface area contributed by atoms with Crippen molar-refractivity contribution < 1.29 is 17.9 Å². The summed E-state index contributed by atoms with van der Waals surface area (Å²) in [5.41, 5.74) is 2.52. The number of nitrogens with one attached hydrogen (secondary N) is 1. The monoisotopic (exact) mass is 496 g/mol. The van der Waals surface area contributed by atoms with Crippen LogP contribution in [0, 0.1) is 0 Å². The molecule has 2 saturated heterocycles. The van der Waals surface area contributed by atoms with E-state index in [1.165, 1.54) is 23.0 Å². The van der Waals surface area contributed by atoms with Gasteiger partial charge in [-0.15, -0.1) is 0 Å². The predicted molar refractivity (Wildman–Crippen MR) is 134 cm³/mol. The van der Waals surface area contributed by atoms with Gasteiger partial charge in [0, 0.05) is 49.5 Å². The first-order chi connectivity index (χ1) is 17.0. The van der Waals surface area contributed by atoms with E-state index in [-0.39, 0.29) is 16.6 Å². The van der Waals surface area contributed by atoms with Gasteiger partial charge in [0.1, 0.15) is 16.3 Å². The Labute approximate surface area is 206 Å². The Kier molecular flexibility index (Phi) is 6.80. The molecule has 1 N–H and O–H groups in total. The number of sulfonamides is 1. The molecule has 186 valence electrons. The first-order valence-electron chi connectivity index (χ1n) is 12.4. The normalized spacial score (nSPS) is 18.5. The molecule has 1 amide bonds. The van der Waals surface area contributed by atoms with Gasteiger partial charge < -0.3 is 14.6 Å². The third-order valence-corrected chi connectivity index (χ3v) is 9.22. The summed E-state index contributed by atoms with van der Waals surface area (Å²) < 4.78 is 33.9. The summed E-state index contributed by atoms with van der Waals surface area (Å²) in [5, 5.41) is 1.13. The number of benzene rings is 1. The first kappa shape index (κ1) is 23.8. The van der Waals surface area contributed by atoms with Crippen LogP contribution in [0.4, 0.5) is 0 Å². The van der Waals surface area contributed by atoms with Gasteiger partial charge in [-0.25, -0.2) is 13.4 Å². The molecule has 8 nitrogen and oxygen atoms in total. The number of nitrogens with zero attached hydrogens (tertiary/aromatic N) is 3. The molecule has 35 heavy (non-hydrogen) atoms. The number of H-pyrrole nitrogens is 1. The molecule has 0 radical (unpaired) electrons. The van der Waals surface area contributed by atoms with Crippen LogP contribution in [0.2, 0.25) is 0 Å². The second-order valence-corrected chi connectivity index (χ2v) is 11.3. The van der Waals surface area contributed by atoms with Crippen molar-refractivity contribution in [2.45, 2.75) is 49.3 Å². The van der Waals surface area contributed by atoms with Gasteiger partial charge >= 0.3 is 0 Å². The zero-order valence-corrected chi connectivity index (χ0v) is 20.9. The van der Waals surface area contributed by atoms with E-state index in [4.69, 9.17) is 4.74 Å². The number of amides is 1. The third-order valence-electron chi connectivity index (χ3n) is 7.30. The average molecular weight is 497 g/mol. The first-order valence-corrected chi connectivity index (χ1v) is 13.8. The molecule has 2 fully saturated rings. The number of piperidine rings is 1. The Bertz CT molecular complexity index is 1300. The summed E-state index contributed by atoms with van der Waals surface area (Å²) in [6, 6.07) is 8.79. The molecule has 4 heterocycles. The molecule has 1 aromatic carbocycles. The molecule has 3 aromatic rings. The molecule has 0 saturated carbocycles. The molecule has 0 bridgehead atoms. The fourth-order valence-electron chi connectivity index (χ4n) is 5.32. The molecule has 2 aliphatic rings. The Morgan fingerprint density at radius 3 is 2.51 bits per heavy atom. The lowest BCUT2D eigenvalue weighted by atomic mass is 9.89. The maximum Gasteiger partial charge on any atom is 0.253 e. The van der Waals surface area contributed by atoms with E-state index < -0.39 is 10.0 Å². The van der Waals surface area contributed by atoms with Gasteiger partial charge in [-0.05, 0) is 67.5 Å². The average Bonchev–Trinajstić information content (AvgIpc) is 3.12. The highest BCUT2D eigenvalue weighted by Gasteiger charge is 2.31. The highest BCUT2D eigenvalue weighted by Crippen LogP contribution is 2.34. The van der Waals surface area contributed by atoms with Gasteiger partial charge in [0.25, 0.3) is 5.91 Å². The number of ether oxygens (including phenoxy) is 1. The van der Waals surface area contributed by atoms with Gasteiger partial charge in [0.05, 0.1) is 7.11 Å². The van der Waals surface area contributed by atoms with E-state index >= 15 is 0 Å². The van der Waals surface area contributed by atoms with Crippen molar-refractivity contribution in [1.82, 2.24) is 19.2 Å². The number of aromatic nitrogens is 2. The van der Waals surface area contributed by atoms with Crippen molar-refractivity contribution in [3.05, 3.63) is 53.9 Å². The Morgan fingerprint density at radius 1 is 1.06 bits per heavy atom. The summed E-state index contributed by atoms with van der Waals surface area (Å²) in [5.74, 6) is 0.489. The molecule has 2 aliphatic heterocycles. The van der Waals surface area contributed by atoms with E-state index in [0.717, 1.165) is 49.6 Å². The van der Waals surface area contributed by atoms with Crippen molar-refractivity contribution in [3.63, 3.8) is 0 Å². The molecule has 0 spiro atoms. The summed E-state index contributed by atoms with van der Waals surface area (Å²) in [6.45, 7) is 2.24. The van der Waals surface area contributed by atoms with Gasteiger partial charge in [-0.1, -0.05) is 12.8 Å². The van der Waals surface area contributed by atoms with Gasteiger partial charge in [0.15, 0.2) is 0 Å². The summed E-state index contributed by atoms with van der Waals surface area (Å²) >= 11 is 0. The van der Waals surface area contributed by atoms with Gasteiger partial charge in [-0.3, -0.25) is 4.79 Å². The fraction of sp³-hybridized carbons (Fsp3) is 0.462. The smallest absolute Gasteiger partial charge is 0.253 e. The minimum absolute atomic E-state index is 0.0777. The Morgan fingerprint density at radius 2 is 1.80 bits per heavy atom. The summed E-state index contributed by atoms with van der Waals surface area (Å²) in [6.07, 6.45) is 9.28. The number of hydrogen-bond donors (Lipinski definition) is 1. The number of carbonyl (C=O) groups excluding carboxylic acids is 1. The zero-order chi connectivity index (χ0) is 24.4. The quantitative estimate of drug-likeness (QED) is 0.572. The van der Waals surface area contributed by atoms with Crippen molar-refractivity contribution in [2.75, 3.05) is 33.3 Å². The molecule has 5 rings (SSSR count). The highest BCUT2D eigenvalue weighted by atomic mass is 32.2. The van der Waals surface area contributed by atoms with Crippen LogP contribution in [0.3, 0.4) is 0 Å². The van der Waals surface area contributed by atoms with Crippen LogP contribution in [0.5, 0.6) is 5.75 Å². The summed E-state index contributed by atoms with van der Waals surface area (Å²) in [4.78, 5) is 22.9. The van der Waals surface area contributed by atoms with Crippen molar-refractivity contribution in [2.24, 2.45) is 0 Å². The van der Waals surface area contributed by atoms with E-state index in [1.807, 2.05) is 17.2 Å². The molecule has 9 heteroatoms. The standard InChI is InChI=1S/C26H32N4O4S/c1-34-23-9-8-20(17-24(23)35(32,33)30-13-4-2-3-5-14-30)26(31)29-15-10-19(11-16-29)22-18-28-25-21(22)7-6-12-27-25/h6-9,12,17-19H,2-5,10-11,13-16H2,1H3,(H,27,28). The molecular weight excluding hydrogens is 464 g/mol. The molecule has 0 aliphatic carbocycles. The Hall–Kier alpha value is -2.91. The number of likely N-dealkylation sites (tertiary alicyclic amines) is 1. The topological polar surface area (TPSA) is 95.6 Å². The summed E-state index contributed by atoms with van der Waals surface area (Å²) in [7, 11) is -2.28. The number of rotatable bonds is 5. The van der Waals surface area contributed by atoms with Crippen LogP contribution in [-0.4, -0.2) is 66.8 Å². The molecule has 2 aromatic heterocycles. The molecule has 0 unspecified atom stereocenters. The SMILES string of the molecule is COc1ccc(C(=O)N2CCC(c3c[nH]c4ncccc34)CC2)cc1S(=O)(=O)N1CCCCCC1. The van der Waals surface area contributed by atoms with Crippen LogP contribution in [-0.2, 0) is 10.0 Å². The predicted octanol–water partition coefficient (Wildman–Crippen LogP) is 4.16. The molecular formula is C26H32N4O4S. The fourth-order valence-corrected chi connectivity index (χ4v) is 7.02. The van der Waals surface area contributed by atoms with Gasteiger partial charge in [0.2, 0.25) is 10.0 Å². The number of fused-ring (bicyclic) bond motifs is 1. The van der Waals surface area contributed by atoms with Crippen LogP contribution in [0.15, 0.2) is 47.6 Å². The van der Waals surface area contributed by atoms with Crippen LogP contribution < -0.4 is 4.74 Å². The largest absolute Gasteiger partial charge is 0.495 e. The van der Waals surface area contributed by atoms with Crippen LogP contribution in [0.1, 0.15) is 60.4 Å². The number of hydrogen-bond acceptors (Lipinski definition) is 5. The van der Waals surface area contributed by atoms with E-state index in [2.05, 4.69) is 16.0 Å². The van der Waals surface area contributed by atoms with Crippen LogP contribution >= 0.6 is 0 Å².